The van der Waals surface area contributed by atoms with Gasteiger partial charge in [0.1, 0.15) is 0 Å². The van der Waals surface area contributed by atoms with Crippen molar-refractivity contribution in [3.05, 3.63) is 70.7 Å². The molecule has 0 saturated heterocycles. The van der Waals surface area contributed by atoms with E-state index >= 15 is 0 Å². The normalized spacial score (nSPS) is 10.8. The number of thioether (sulfide) groups is 1. The first-order valence-corrected chi connectivity index (χ1v) is 10.6. The molecule has 2 aromatic heterocycles. The lowest BCUT2D eigenvalue weighted by Crippen LogP contribution is -2.24. The van der Waals surface area contributed by atoms with Crippen molar-refractivity contribution in [1.82, 2.24) is 14.5 Å². The van der Waals surface area contributed by atoms with Crippen molar-refractivity contribution in [2.24, 2.45) is 0 Å². The van der Waals surface area contributed by atoms with E-state index in [1.54, 1.807) is 24.4 Å². The summed E-state index contributed by atoms with van der Waals surface area (Å²) in [7, 11) is 0. The summed E-state index contributed by atoms with van der Waals surface area (Å²) in [5.74, 6) is 0.00877. The molecule has 6 nitrogen and oxygen atoms in total. The van der Waals surface area contributed by atoms with Crippen molar-refractivity contribution < 1.29 is 4.79 Å². The maximum atomic E-state index is 12.8. The van der Waals surface area contributed by atoms with Gasteiger partial charge >= 0.3 is 0 Å². The van der Waals surface area contributed by atoms with Gasteiger partial charge in [-0.15, -0.1) is 6.58 Å². The van der Waals surface area contributed by atoms with Gasteiger partial charge in [0, 0.05) is 18.4 Å². The second-order valence-electron chi connectivity index (χ2n) is 6.47. The molecule has 1 N–H and O–H groups in total. The summed E-state index contributed by atoms with van der Waals surface area (Å²) in [6.45, 7) is 8.17. The van der Waals surface area contributed by atoms with Crippen molar-refractivity contribution in [1.29, 1.82) is 0 Å². The number of hydrogen-bond acceptors (Lipinski definition) is 5. The zero-order chi connectivity index (χ0) is 20.8. The SMILES string of the molecule is C=CCn1c(SCC(=O)Nc2c(CC)cccc2CC)nc2ncccc2c1=O. The van der Waals surface area contributed by atoms with Gasteiger partial charge in [0.25, 0.3) is 5.56 Å². The highest BCUT2D eigenvalue weighted by Gasteiger charge is 2.15. The molecule has 3 aromatic rings. The highest BCUT2D eigenvalue weighted by atomic mass is 32.2. The van der Waals surface area contributed by atoms with Crippen LogP contribution in [0.25, 0.3) is 11.0 Å². The highest BCUT2D eigenvalue weighted by molar-refractivity contribution is 7.99. The van der Waals surface area contributed by atoms with Gasteiger partial charge in [0.2, 0.25) is 5.91 Å². The van der Waals surface area contributed by atoms with Gasteiger partial charge in [0.15, 0.2) is 10.8 Å². The first-order chi connectivity index (χ1) is 14.1. The molecule has 0 radical (unpaired) electrons. The number of pyridine rings is 1. The Kier molecular flexibility index (Phi) is 6.82. The summed E-state index contributed by atoms with van der Waals surface area (Å²) >= 11 is 1.22. The van der Waals surface area contributed by atoms with E-state index in [-0.39, 0.29) is 17.2 Å². The summed E-state index contributed by atoms with van der Waals surface area (Å²) in [6.07, 6.45) is 4.92. The van der Waals surface area contributed by atoms with Crippen LogP contribution in [0.3, 0.4) is 0 Å². The van der Waals surface area contributed by atoms with Crippen LogP contribution in [0.15, 0.2) is 59.1 Å². The van der Waals surface area contributed by atoms with Gasteiger partial charge in [-0.1, -0.05) is 49.9 Å². The number of allylic oxidation sites excluding steroid dienone is 1. The number of carbonyl (C=O) groups excluding carboxylic acids is 1. The molecule has 0 unspecified atom stereocenters. The Bertz CT molecular complexity index is 1090. The standard InChI is InChI=1S/C22H24N4O2S/c1-4-13-26-21(28)17-11-8-12-23-20(17)25-22(26)29-14-18(27)24-19-15(5-2)9-7-10-16(19)6-3/h4,7-12H,1,5-6,13-14H2,2-3H3,(H,24,27). The van der Waals surface area contributed by atoms with Crippen LogP contribution in [-0.4, -0.2) is 26.2 Å². The molecule has 0 fully saturated rings. The van der Waals surface area contributed by atoms with Crippen LogP contribution in [-0.2, 0) is 24.2 Å². The third-order valence-corrected chi connectivity index (χ3v) is 5.58. The maximum Gasteiger partial charge on any atom is 0.263 e. The van der Waals surface area contributed by atoms with Crippen molar-refractivity contribution in [2.45, 2.75) is 38.4 Å². The molecule has 3 rings (SSSR count). The highest BCUT2D eigenvalue weighted by Crippen LogP contribution is 2.24. The molecule has 150 valence electrons. The fraction of sp³-hybridized carbons (Fsp3) is 0.273. The van der Waals surface area contributed by atoms with E-state index in [1.807, 2.05) is 18.2 Å². The predicted octanol–water partition coefficient (Wildman–Crippen LogP) is 3.83. The number of amides is 1. The molecule has 0 aliphatic carbocycles. The molecular formula is C22H24N4O2S. The van der Waals surface area contributed by atoms with Crippen molar-refractivity contribution in [2.75, 3.05) is 11.1 Å². The topological polar surface area (TPSA) is 76.9 Å². The Morgan fingerprint density at radius 3 is 2.59 bits per heavy atom. The maximum absolute atomic E-state index is 12.8. The fourth-order valence-corrected chi connectivity index (χ4v) is 3.94. The van der Waals surface area contributed by atoms with Crippen LogP contribution >= 0.6 is 11.8 Å². The second kappa shape index (κ2) is 9.52. The lowest BCUT2D eigenvalue weighted by molar-refractivity contribution is -0.113. The summed E-state index contributed by atoms with van der Waals surface area (Å²) in [4.78, 5) is 34.1. The number of anilines is 1. The number of fused-ring (bicyclic) bond motifs is 1. The van der Waals surface area contributed by atoms with E-state index in [1.165, 1.54) is 16.3 Å². The minimum atomic E-state index is -0.185. The van der Waals surface area contributed by atoms with Gasteiger partial charge in [-0.05, 0) is 36.1 Å². The summed E-state index contributed by atoms with van der Waals surface area (Å²) in [5.41, 5.74) is 3.30. The van der Waals surface area contributed by atoms with E-state index in [0.29, 0.717) is 22.7 Å². The van der Waals surface area contributed by atoms with Crippen LogP contribution in [0.1, 0.15) is 25.0 Å². The van der Waals surface area contributed by atoms with Gasteiger partial charge in [-0.2, -0.15) is 0 Å². The molecule has 0 spiro atoms. The van der Waals surface area contributed by atoms with Crippen molar-refractivity contribution >= 4 is 34.4 Å². The Morgan fingerprint density at radius 2 is 1.93 bits per heavy atom. The van der Waals surface area contributed by atoms with Gasteiger partial charge in [0.05, 0.1) is 11.1 Å². The van der Waals surface area contributed by atoms with Crippen LogP contribution in [0.4, 0.5) is 5.69 Å². The molecule has 1 amide bonds. The lowest BCUT2D eigenvalue weighted by Gasteiger charge is -2.15. The number of carbonyl (C=O) groups is 1. The number of para-hydroxylation sites is 1. The number of rotatable bonds is 8. The zero-order valence-electron chi connectivity index (χ0n) is 16.6. The molecule has 29 heavy (non-hydrogen) atoms. The van der Waals surface area contributed by atoms with E-state index < -0.39 is 0 Å². The van der Waals surface area contributed by atoms with Gasteiger partial charge < -0.3 is 5.32 Å². The number of aromatic nitrogens is 3. The number of hydrogen-bond donors (Lipinski definition) is 1. The first-order valence-electron chi connectivity index (χ1n) is 9.58. The van der Waals surface area contributed by atoms with Gasteiger partial charge in [-0.25, -0.2) is 9.97 Å². The second-order valence-corrected chi connectivity index (χ2v) is 7.41. The molecular weight excluding hydrogens is 384 g/mol. The van der Waals surface area contributed by atoms with Crippen molar-refractivity contribution in [3.8, 4) is 0 Å². The van der Waals surface area contributed by atoms with Crippen LogP contribution in [0.2, 0.25) is 0 Å². The minimum Gasteiger partial charge on any atom is -0.325 e. The Labute approximate surface area is 174 Å². The predicted molar refractivity (Wildman–Crippen MR) is 119 cm³/mol. The van der Waals surface area contributed by atoms with E-state index in [2.05, 4.69) is 35.7 Å². The fourth-order valence-electron chi connectivity index (χ4n) is 3.15. The van der Waals surface area contributed by atoms with Gasteiger partial charge in [-0.3, -0.25) is 14.2 Å². The quantitative estimate of drug-likeness (QED) is 0.348. The smallest absolute Gasteiger partial charge is 0.263 e. The molecule has 0 aliphatic heterocycles. The molecule has 2 heterocycles. The Balaban J connectivity index is 1.84. The zero-order valence-corrected chi connectivity index (χ0v) is 17.5. The lowest BCUT2D eigenvalue weighted by atomic mass is 10.0. The molecule has 0 aliphatic rings. The van der Waals surface area contributed by atoms with Crippen molar-refractivity contribution in [3.63, 3.8) is 0 Å². The number of nitrogens with zero attached hydrogens (tertiary/aromatic N) is 3. The van der Waals surface area contributed by atoms with Crippen LogP contribution in [0, 0.1) is 0 Å². The van der Waals surface area contributed by atoms with E-state index in [9.17, 15) is 9.59 Å². The average Bonchev–Trinajstić information content (AvgIpc) is 2.74. The summed E-state index contributed by atoms with van der Waals surface area (Å²) in [5, 5.41) is 3.95. The Morgan fingerprint density at radius 1 is 1.21 bits per heavy atom. The van der Waals surface area contributed by atoms with Crippen LogP contribution in [0.5, 0.6) is 0 Å². The van der Waals surface area contributed by atoms with E-state index in [4.69, 9.17) is 0 Å². The molecule has 0 saturated carbocycles. The first kappa shape index (κ1) is 20.8. The third-order valence-electron chi connectivity index (χ3n) is 4.60. The summed E-state index contributed by atoms with van der Waals surface area (Å²) < 4.78 is 1.52. The molecule has 0 atom stereocenters. The van der Waals surface area contributed by atoms with E-state index in [0.717, 1.165) is 29.7 Å². The Hall–Kier alpha value is -2.93. The molecule has 0 bridgehead atoms. The number of benzene rings is 1. The molecule has 7 heteroatoms. The van der Waals surface area contributed by atoms with Crippen LogP contribution < -0.4 is 10.9 Å². The summed E-state index contributed by atoms with van der Waals surface area (Å²) in [6, 6.07) is 9.48. The molecule has 1 aromatic carbocycles. The third kappa shape index (κ3) is 4.56. The number of aryl methyl sites for hydroxylation is 2. The largest absolute Gasteiger partial charge is 0.325 e. The minimum absolute atomic E-state index is 0.133. The average molecular weight is 409 g/mol. The number of nitrogens with one attached hydrogen (secondary N) is 1. The monoisotopic (exact) mass is 408 g/mol.